The van der Waals surface area contributed by atoms with E-state index in [1.807, 2.05) is 6.92 Å². The Morgan fingerprint density at radius 2 is 2.27 bits per heavy atom. The van der Waals surface area contributed by atoms with Crippen molar-refractivity contribution in [2.75, 3.05) is 13.7 Å². The molecular formula is C11H15NO3. The van der Waals surface area contributed by atoms with Crippen LogP contribution in [0.4, 0.5) is 0 Å². The Labute approximate surface area is 88.9 Å². The number of hydrogen-bond donors (Lipinski definition) is 2. The number of nitrogens with one attached hydrogen (secondary N) is 1. The average molecular weight is 209 g/mol. The first-order valence-electron chi connectivity index (χ1n) is 4.84. The van der Waals surface area contributed by atoms with Crippen molar-refractivity contribution >= 4 is 5.91 Å². The zero-order chi connectivity index (χ0) is 11.3. The Morgan fingerprint density at radius 1 is 1.53 bits per heavy atom. The molecule has 0 aliphatic carbocycles. The summed E-state index contributed by atoms with van der Waals surface area (Å²) in [7, 11) is 1.51. The van der Waals surface area contributed by atoms with Crippen molar-refractivity contribution in [3.05, 3.63) is 23.8 Å². The molecule has 1 rings (SSSR count). The van der Waals surface area contributed by atoms with Gasteiger partial charge >= 0.3 is 0 Å². The zero-order valence-corrected chi connectivity index (χ0v) is 8.91. The second-order valence-corrected chi connectivity index (χ2v) is 3.14. The van der Waals surface area contributed by atoms with E-state index in [0.29, 0.717) is 12.3 Å². The molecule has 0 fully saturated rings. The third-order valence-corrected chi connectivity index (χ3v) is 1.99. The highest BCUT2D eigenvalue weighted by molar-refractivity contribution is 5.96. The molecule has 4 heteroatoms. The van der Waals surface area contributed by atoms with Gasteiger partial charge in [-0.25, -0.2) is 0 Å². The van der Waals surface area contributed by atoms with Gasteiger partial charge < -0.3 is 15.2 Å². The van der Waals surface area contributed by atoms with E-state index in [2.05, 4.69) is 5.32 Å². The van der Waals surface area contributed by atoms with Gasteiger partial charge in [-0.05, 0) is 18.6 Å². The highest BCUT2D eigenvalue weighted by atomic mass is 16.5. The molecule has 4 nitrogen and oxygen atoms in total. The zero-order valence-electron chi connectivity index (χ0n) is 8.91. The number of phenols is 1. The van der Waals surface area contributed by atoms with Crippen molar-refractivity contribution in [3.63, 3.8) is 0 Å². The van der Waals surface area contributed by atoms with Crippen LogP contribution in [0, 0.1) is 0 Å². The largest absolute Gasteiger partial charge is 0.507 e. The number of benzene rings is 1. The van der Waals surface area contributed by atoms with E-state index in [1.54, 1.807) is 12.1 Å². The van der Waals surface area contributed by atoms with Gasteiger partial charge in [-0.1, -0.05) is 6.92 Å². The van der Waals surface area contributed by atoms with Gasteiger partial charge in [0.05, 0.1) is 12.7 Å². The first kappa shape index (κ1) is 11.4. The highest BCUT2D eigenvalue weighted by Gasteiger charge is 2.10. The summed E-state index contributed by atoms with van der Waals surface area (Å²) in [5, 5.41) is 12.2. The first-order chi connectivity index (χ1) is 7.19. The van der Waals surface area contributed by atoms with E-state index < -0.39 is 0 Å². The van der Waals surface area contributed by atoms with E-state index in [9.17, 15) is 9.90 Å². The van der Waals surface area contributed by atoms with Crippen molar-refractivity contribution in [1.29, 1.82) is 0 Å². The Kier molecular flexibility index (Phi) is 3.97. The van der Waals surface area contributed by atoms with Gasteiger partial charge in [-0.2, -0.15) is 0 Å². The minimum absolute atomic E-state index is 0.0667. The number of phenolic OH excluding ortho intramolecular Hbond substituents is 1. The van der Waals surface area contributed by atoms with Gasteiger partial charge in [-0.15, -0.1) is 0 Å². The van der Waals surface area contributed by atoms with Crippen LogP contribution in [-0.4, -0.2) is 24.7 Å². The van der Waals surface area contributed by atoms with Crippen LogP contribution in [0.15, 0.2) is 18.2 Å². The smallest absolute Gasteiger partial charge is 0.255 e. The van der Waals surface area contributed by atoms with Gasteiger partial charge in [0.25, 0.3) is 5.91 Å². The Bertz CT molecular complexity index is 350. The van der Waals surface area contributed by atoms with Crippen LogP contribution in [0.3, 0.4) is 0 Å². The molecule has 2 N–H and O–H groups in total. The fourth-order valence-electron chi connectivity index (χ4n) is 1.16. The van der Waals surface area contributed by atoms with Gasteiger partial charge in [0.2, 0.25) is 0 Å². The van der Waals surface area contributed by atoms with Crippen LogP contribution in [0.1, 0.15) is 23.7 Å². The molecular weight excluding hydrogens is 194 g/mol. The van der Waals surface area contributed by atoms with Gasteiger partial charge in [0.15, 0.2) is 0 Å². The number of carbonyl (C=O) groups excluding carboxylic acids is 1. The monoisotopic (exact) mass is 209 g/mol. The molecule has 0 bridgehead atoms. The molecule has 0 spiro atoms. The summed E-state index contributed by atoms with van der Waals surface area (Å²) in [6, 6.07) is 4.60. The van der Waals surface area contributed by atoms with Crippen LogP contribution in [-0.2, 0) is 0 Å². The van der Waals surface area contributed by atoms with Crippen molar-refractivity contribution in [1.82, 2.24) is 5.32 Å². The standard InChI is InChI=1S/C11H15NO3/c1-3-6-12-11(14)9-5-4-8(15-2)7-10(9)13/h4-5,7,13H,3,6H2,1-2H3,(H,12,14). The minimum atomic E-state index is -0.267. The summed E-state index contributed by atoms with van der Waals surface area (Å²) in [4.78, 5) is 11.5. The van der Waals surface area contributed by atoms with E-state index >= 15 is 0 Å². The summed E-state index contributed by atoms with van der Waals surface area (Å²) in [6.45, 7) is 2.57. The molecule has 0 aliphatic rings. The lowest BCUT2D eigenvalue weighted by Crippen LogP contribution is -2.23. The maximum absolute atomic E-state index is 11.5. The molecule has 1 amide bonds. The summed E-state index contributed by atoms with van der Waals surface area (Å²) in [5.41, 5.74) is 0.268. The van der Waals surface area contributed by atoms with Crippen molar-refractivity contribution in [2.24, 2.45) is 0 Å². The molecule has 15 heavy (non-hydrogen) atoms. The van der Waals surface area contributed by atoms with Crippen molar-refractivity contribution < 1.29 is 14.6 Å². The number of ether oxygens (including phenoxy) is 1. The van der Waals surface area contributed by atoms with E-state index in [-0.39, 0.29) is 17.2 Å². The fourth-order valence-corrected chi connectivity index (χ4v) is 1.16. The molecule has 1 aromatic rings. The quantitative estimate of drug-likeness (QED) is 0.790. The normalized spacial score (nSPS) is 9.73. The van der Waals surface area contributed by atoms with Gasteiger partial charge in [0, 0.05) is 12.6 Å². The summed E-state index contributed by atoms with van der Waals surface area (Å²) < 4.78 is 4.92. The number of aromatic hydroxyl groups is 1. The number of rotatable bonds is 4. The molecule has 82 valence electrons. The summed E-state index contributed by atoms with van der Waals surface area (Å²) in [5.74, 6) is 0.194. The van der Waals surface area contributed by atoms with Crippen LogP contribution < -0.4 is 10.1 Å². The molecule has 0 saturated heterocycles. The Morgan fingerprint density at radius 3 is 2.80 bits per heavy atom. The maximum Gasteiger partial charge on any atom is 0.255 e. The maximum atomic E-state index is 11.5. The lowest BCUT2D eigenvalue weighted by Gasteiger charge is -2.07. The lowest BCUT2D eigenvalue weighted by molar-refractivity contribution is 0.0951. The third kappa shape index (κ3) is 2.87. The molecule has 0 radical (unpaired) electrons. The molecule has 0 aliphatic heterocycles. The van der Waals surface area contributed by atoms with Gasteiger partial charge in [-0.3, -0.25) is 4.79 Å². The second-order valence-electron chi connectivity index (χ2n) is 3.14. The van der Waals surface area contributed by atoms with E-state index in [1.165, 1.54) is 13.2 Å². The minimum Gasteiger partial charge on any atom is -0.507 e. The predicted octanol–water partition coefficient (Wildman–Crippen LogP) is 1.54. The molecule has 0 saturated carbocycles. The molecule has 0 atom stereocenters. The molecule has 0 aromatic heterocycles. The number of methoxy groups -OCH3 is 1. The van der Waals surface area contributed by atoms with Gasteiger partial charge in [0.1, 0.15) is 11.5 Å². The molecule has 0 unspecified atom stereocenters. The van der Waals surface area contributed by atoms with Crippen LogP contribution in [0.25, 0.3) is 0 Å². The fraction of sp³-hybridized carbons (Fsp3) is 0.364. The van der Waals surface area contributed by atoms with E-state index in [4.69, 9.17) is 4.74 Å². The Hall–Kier alpha value is -1.71. The third-order valence-electron chi connectivity index (χ3n) is 1.99. The molecule has 0 heterocycles. The van der Waals surface area contributed by atoms with E-state index in [0.717, 1.165) is 6.42 Å². The van der Waals surface area contributed by atoms with Crippen molar-refractivity contribution in [3.8, 4) is 11.5 Å². The number of amides is 1. The first-order valence-corrected chi connectivity index (χ1v) is 4.84. The SMILES string of the molecule is CCCNC(=O)c1ccc(OC)cc1O. The number of hydrogen-bond acceptors (Lipinski definition) is 3. The van der Waals surface area contributed by atoms with Crippen LogP contribution in [0.2, 0.25) is 0 Å². The topological polar surface area (TPSA) is 58.6 Å². The summed E-state index contributed by atoms with van der Waals surface area (Å²) in [6.07, 6.45) is 0.864. The van der Waals surface area contributed by atoms with Crippen molar-refractivity contribution in [2.45, 2.75) is 13.3 Å². The average Bonchev–Trinajstić information content (AvgIpc) is 2.25. The Balaban J connectivity index is 2.81. The highest BCUT2D eigenvalue weighted by Crippen LogP contribution is 2.22. The number of carbonyl (C=O) groups is 1. The summed E-state index contributed by atoms with van der Waals surface area (Å²) >= 11 is 0. The van der Waals surface area contributed by atoms with Crippen LogP contribution >= 0.6 is 0 Å². The lowest BCUT2D eigenvalue weighted by atomic mass is 10.2. The molecule has 1 aromatic carbocycles. The van der Waals surface area contributed by atoms with Crippen LogP contribution in [0.5, 0.6) is 11.5 Å². The second kappa shape index (κ2) is 5.24. The predicted molar refractivity (Wildman–Crippen MR) is 57.3 cm³/mol.